The lowest BCUT2D eigenvalue weighted by molar-refractivity contribution is 0.0958. The van der Waals surface area contributed by atoms with Crippen LogP contribution in [0, 0.1) is 5.92 Å². The topological polar surface area (TPSA) is 56.7 Å². The van der Waals surface area contributed by atoms with Crippen molar-refractivity contribution in [3.8, 4) is 0 Å². The van der Waals surface area contributed by atoms with Crippen molar-refractivity contribution in [2.24, 2.45) is 5.92 Å². The summed E-state index contributed by atoms with van der Waals surface area (Å²) < 4.78 is 26.4. The molecule has 1 unspecified atom stereocenters. The first kappa shape index (κ1) is 8.40. The van der Waals surface area contributed by atoms with E-state index >= 15 is 0 Å². The molecule has 1 fully saturated rings. The molecule has 1 aliphatic rings. The highest BCUT2D eigenvalue weighted by atomic mass is 19.3. The van der Waals surface area contributed by atoms with Crippen molar-refractivity contribution in [1.29, 1.82) is 0 Å². The van der Waals surface area contributed by atoms with Crippen LogP contribution in [0.5, 0.6) is 0 Å². The van der Waals surface area contributed by atoms with E-state index in [0.717, 1.165) is 0 Å². The molecule has 72 valence electrons. The molecular formula is C7H10F2N4. The number of aromatic nitrogens is 3. The summed E-state index contributed by atoms with van der Waals surface area (Å²) in [4.78, 5) is 3.69. The summed E-state index contributed by atoms with van der Waals surface area (Å²) in [7, 11) is 0. The summed E-state index contributed by atoms with van der Waals surface area (Å²) in [6, 6.07) is 0. The SMILES string of the molecule is Nc1ncn(CCC2CC2(F)F)n1. The molecular weight excluding hydrogens is 178 g/mol. The van der Waals surface area contributed by atoms with Gasteiger partial charge in [0.1, 0.15) is 6.33 Å². The number of anilines is 1. The van der Waals surface area contributed by atoms with E-state index in [4.69, 9.17) is 5.73 Å². The number of hydrogen-bond acceptors (Lipinski definition) is 3. The summed E-state index contributed by atoms with van der Waals surface area (Å²) in [6.07, 6.45) is 1.91. The van der Waals surface area contributed by atoms with Crippen molar-refractivity contribution < 1.29 is 8.78 Å². The molecule has 0 saturated heterocycles. The number of alkyl halides is 2. The van der Waals surface area contributed by atoms with E-state index in [1.165, 1.54) is 11.0 Å². The quantitative estimate of drug-likeness (QED) is 0.766. The van der Waals surface area contributed by atoms with Gasteiger partial charge in [-0.15, -0.1) is 5.10 Å². The Morgan fingerprint density at radius 2 is 2.38 bits per heavy atom. The van der Waals surface area contributed by atoms with Crippen LogP contribution in [0.4, 0.5) is 14.7 Å². The van der Waals surface area contributed by atoms with Crippen LogP contribution in [-0.4, -0.2) is 20.7 Å². The third kappa shape index (κ3) is 1.76. The van der Waals surface area contributed by atoms with Gasteiger partial charge < -0.3 is 5.73 Å². The fourth-order valence-corrected chi connectivity index (χ4v) is 1.29. The van der Waals surface area contributed by atoms with Gasteiger partial charge in [-0.3, -0.25) is 4.68 Å². The molecule has 1 aromatic rings. The number of nitrogen functional groups attached to an aromatic ring is 1. The summed E-state index contributed by atoms with van der Waals surface area (Å²) in [5.74, 6) is -2.73. The number of aryl methyl sites for hydroxylation is 1. The Bertz CT molecular complexity index is 309. The van der Waals surface area contributed by atoms with Crippen LogP contribution in [0.3, 0.4) is 0 Å². The second kappa shape index (κ2) is 2.65. The van der Waals surface area contributed by atoms with Crippen LogP contribution >= 0.6 is 0 Å². The van der Waals surface area contributed by atoms with Crippen LogP contribution in [-0.2, 0) is 6.54 Å². The van der Waals surface area contributed by atoms with Crippen molar-refractivity contribution in [2.45, 2.75) is 25.3 Å². The Morgan fingerprint density at radius 1 is 1.69 bits per heavy atom. The second-order valence-electron chi connectivity index (χ2n) is 3.32. The van der Waals surface area contributed by atoms with Gasteiger partial charge in [0, 0.05) is 18.9 Å². The van der Waals surface area contributed by atoms with E-state index in [0.29, 0.717) is 13.0 Å². The first-order chi connectivity index (χ1) is 6.08. The van der Waals surface area contributed by atoms with Gasteiger partial charge in [-0.25, -0.2) is 13.8 Å². The highest BCUT2D eigenvalue weighted by molar-refractivity contribution is 5.09. The van der Waals surface area contributed by atoms with Gasteiger partial charge in [-0.05, 0) is 6.42 Å². The Labute approximate surface area is 73.7 Å². The van der Waals surface area contributed by atoms with Gasteiger partial charge in [0.15, 0.2) is 0 Å². The number of rotatable bonds is 3. The molecule has 0 aromatic carbocycles. The van der Waals surface area contributed by atoms with E-state index < -0.39 is 11.8 Å². The number of halogens is 2. The zero-order valence-corrected chi connectivity index (χ0v) is 6.95. The van der Waals surface area contributed by atoms with Crippen LogP contribution in [0.1, 0.15) is 12.8 Å². The molecule has 0 amide bonds. The average Bonchev–Trinajstić information content (AvgIpc) is 2.45. The molecule has 4 nitrogen and oxygen atoms in total. The zero-order valence-electron chi connectivity index (χ0n) is 6.95. The third-order valence-corrected chi connectivity index (χ3v) is 2.22. The molecule has 1 heterocycles. The monoisotopic (exact) mass is 188 g/mol. The smallest absolute Gasteiger partial charge is 0.251 e. The molecule has 1 saturated carbocycles. The molecule has 0 aliphatic heterocycles. The maximum Gasteiger partial charge on any atom is 0.251 e. The largest absolute Gasteiger partial charge is 0.367 e. The Morgan fingerprint density at radius 3 is 2.85 bits per heavy atom. The van der Waals surface area contributed by atoms with Gasteiger partial charge in [-0.1, -0.05) is 0 Å². The highest BCUT2D eigenvalue weighted by Gasteiger charge is 2.55. The minimum absolute atomic E-state index is 0.0111. The second-order valence-corrected chi connectivity index (χ2v) is 3.32. The van der Waals surface area contributed by atoms with E-state index in [2.05, 4.69) is 10.1 Å². The first-order valence-electron chi connectivity index (χ1n) is 4.11. The Balaban J connectivity index is 1.81. The molecule has 1 atom stereocenters. The van der Waals surface area contributed by atoms with Crippen LogP contribution in [0.2, 0.25) is 0 Å². The summed E-state index contributed by atoms with van der Waals surface area (Å²) in [6.45, 7) is 0.463. The molecule has 1 aromatic heterocycles. The summed E-state index contributed by atoms with van der Waals surface area (Å²) >= 11 is 0. The molecule has 13 heavy (non-hydrogen) atoms. The summed E-state index contributed by atoms with van der Waals surface area (Å²) in [5.41, 5.74) is 5.26. The fourth-order valence-electron chi connectivity index (χ4n) is 1.29. The van der Waals surface area contributed by atoms with Crippen molar-refractivity contribution in [2.75, 3.05) is 5.73 Å². The first-order valence-corrected chi connectivity index (χ1v) is 4.11. The highest BCUT2D eigenvalue weighted by Crippen LogP contribution is 2.50. The molecule has 2 rings (SSSR count). The fraction of sp³-hybridized carbons (Fsp3) is 0.714. The minimum atomic E-state index is -2.44. The maximum absolute atomic E-state index is 12.4. The lowest BCUT2D eigenvalue weighted by atomic mass is 10.3. The van der Waals surface area contributed by atoms with Gasteiger partial charge in [0.05, 0.1) is 0 Å². The number of nitrogens with zero attached hydrogens (tertiary/aromatic N) is 3. The molecule has 0 bridgehead atoms. The van der Waals surface area contributed by atoms with Gasteiger partial charge >= 0.3 is 0 Å². The van der Waals surface area contributed by atoms with Crippen LogP contribution in [0.15, 0.2) is 6.33 Å². The van der Waals surface area contributed by atoms with Crippen molar-refractivity contribution in [3.63, 3.8) is 0 Å². The van der Waals surface area contributed by atoms with Crippen molar-refractivity contribution >= 4 is 5.95 Å². The van der Waals surface area contributed by atoms with Gasteiger partial charge in [0.25, 0.3) is 5.92 Å². The molecule has 6 heteroatoms. The Kier molecular flexibility index (Phi) is 1.71. The predicted molar refractivity (Wildman–Crippen MR) is 42.1 cm³/mol. The van der Waals surface area contributed by atoms with E-state index in [1.807, 2.05) is 0 Å². The average molecular weight is 188 g/mol. The van der Waals surface area contributed by atoms with E-state index in [-0.39, 0.29) is 12.4 Å². The minimum Gasteiger partial charge on any atom is -0.367 e. The molecule has 2 N–H and O–H groups in total. The lowest BCUT2D eigenvalue weighted by Crippen LogP contribution is -2.03. The maximum atomic E-state index is 12.4. The predicted octanol–water partition coefficient (Wildman–Crippen LogP) is 0.906. The molecule has 1 aliphatic carbocycles. The number of nitrogens with two attached hydrogens (primary N) is 1. The molecule has 0 spiro atoms. The third-order valence-electron chi connectivity index (χ3n) is 2.22. The van der Waals surface area contributed by atoms with Crippen LogP contribution < -0.4 is 5.73 Å². The van der Waals surface area contributed by atoms with Crippen LogP contribution in [0.25, 0.3) is 0 Å². The van der Waals surface area contributed by atoms with E-state index in [9.17, 15) is 8.78 Å². The van der Waals surface area contributed by atoms with Gasteiger partial charge in [0.2, 0.25) is 5.95 Å². The number of hydrogen-bond donors (Lipinski definition) is 1. The lowest BCUT2D eigenvalue weighted by Gasteiger charge is -1.98. The van der Waals surface area contributed by atoms with Gasteiger partial charge in [-0.2, -0.15) is 0 Å². The normalized spacial score (nSPS) is 24.6. The molecule has 0 radical (unpaired) electrons. The standard InChI is InChI=1S/C7H10F2N4/c8-7(9)3-5(7)1-2-13-4-11-6(10)12-13/h4-5H,1-3H2,(H2,10,12). The Hall–Kier alpha value is -1.20. The zero-order chi connectivity index (χ0) is 9.47. The summed E-state index contributed by atoms with van der Waals surface area (Å²) in [5, 5.41) is 3.80. The van der Waals surface area contributed by atoms with Crippen molar-refractivity contribution in [1.82, 2.24) is 14.8 Å². The van der Waals surface area contributed by atoms with E-state index in [1.54, 1.807) is 0 Å². The van der Waals surface area contributed by atoms with Crippen molar-refractivity contribution in [3.05, 3.63) is 6.33 Å².